The monoisotopic (exact) mass is 383 g/mol. The van der Waals surface area contributed by atoms with Crippen LogP contribution in [0, 0.1) is 11.6 Å². The van der Waals surface area contributed by atoms with Crippen LogP contribution in [-0.2, 0) is 0 Å². The fourth-order valence-corrected chi connectivity index (χ4v) is 2.48. The number of hydrogen-bond donors (Lipinski definition) is 2. The second-order valence-corrected chi connectivity index (χ2v) is 6.30. The van der Waals surface area contributed by atoms with Crippen molar-refractivity contribution in [3.63, 3.8) is 0 Å². The van der Waals surface area contributed by atoms with Gasteiger partial charge in [0.05, 0.1) is 11.8 Å². The number of amides is 1. The van der Waals surface area contributed by atoms with Gasteiger partial charge in [0.1, 0.15) is 11.6 Å². The van der Waals surface area contributed by atoms with Crippen molar-refractivity contribution in [1.29, 1.82) is 0 Å². The van der Waals surface area contributed by atoms with Crippen LogP contribution in [0.2, 0.25) is 0 Å². The van der Waals surface area contributed by atoms with Gasteiger partial charge in [-0.2, -0.15) is 0 Å². The zero-order valence-electron chi connectivity index (χ0n) is 15.4. The average Bonchev–Trinajstić information content (AvgIpc) is 2.66. The van der Waals surface area contributed by atoms with E-state index in [0.29, 0.717) is 28.5 Å². The highest BCUT2D eigenvalue weighted by Crippen LogP contribution is 2.26. The molecule has 1 amide bonds. The van der Waals surface area contributed by atoms with Crippen molar-refractivity contribution < 1.29 is 18.3 Å². The number of benzene rings is 2. The lowest BCUT2D eigenvalue weighted by Gasteiger charge is -2.15. The van der Waals surface area contributed by atoms with Gasteiger partial charge in [-0.1, -0.05) is 12.1 Å². The van der Waals surface area contributed by atoms with E-state index in [2.05, 4.69) is 15.6 Å². The molecule has 0 aliphatic rings. The standard InChI is InChI=1S/C21H19F2N3O2/c1-13(2)28-19-6-4-3-5-18(19)26-21(27)14-9-10-24-20(11-14)25-15-7-8-16(22)17(23)12-15/h3-13H,1-2H3,(H,24,25)(H,26,27). The van der Waals surface area contributed by atoms with Crippen molar-refractivity contribution in [1.82, 2.24) is 4.98 Å². The first kappa shape index (κ1) is 19.3. The van der Waals surface area contributed by atoms with Crippen LogP contribution in [0.3, 0.4) is 0 Å². The highest BCUT2D eigenvalue weighted by Gasteiger charge is 2.12. The summed E-state index contributed by atoms with van der Waals surface area (Å²) in [6, 6.07) is 13.6. The van der Waals surface area contributed by atoms with Gasteiger partial charge in [0.15, 0.2) is 11.6 Å². The number of nitrogens with one attached hydrogen (secondary N) is 2. The van der Waals surface area contributed by atoms with Gasteiger partial charge >= 0.3 is 0 Å². The largest absolute Gasteiger partial charge is 0.489 e. The Kier molecular flexibility index (Phi) is 5.84. The number of ether oxygens (including phenoxy) is 1. The van der Waals surface area contributed by atoms with E-state index in [0.717, 1.165) is 12.1 Å². The number of aromatic nitrogens is 1. The first-order valence-electron chi connectivity index (χ1n) is 8.67. The molecule has 0 saturated heterocycles. The molecular formula is C21H19F2N3O2. The van der Waals surface area contributed by atoms with Crippen LogP contribution < -0.4 is 15.4 Å². The summed E-state index contributed by atoms with van der Waals surface area (Å²) in [6.07, 6.45) is 1.42. The maximum atomic E-state index is 13.3. The summed E-state index contributed by atoms with van der Waals surface area (Å²) in [6.45, 7) is 3.80. The number of carbonyl (C=O) groups is 1. The Balaban J connectivity index is 1.76. The smallest absolute Gasteiger partial charge is 0.255 e. The van der Waals surface area contributed by atoms with E-state index in [4.69, 9.17) is 4.74 Å². The SMILES string of the molecule is CC(C)Oc1ccccc1NC(=O)c1ccnc(Nc2ccc(F)c(F)c2)c1. The highest BCUT2D eigenvalue weighted by atomic mass is 19.2. The van der Waals surface area contributed by atoms with E-state index in [9.17, 15) is 13.6 Å². The van der Waals surface area contributed by atoms with Gasteiger partial charge < -0.3 is 15.4 Å². The van der Waals surface area contributed by atoms with Gasteiger partial charge in [0, 0.05) is 23.5 Å². The summed E-state index contributed by atoms with van der Waals surface area (Å²) < 4.78 is 32.1. The minimum absolute atomic E-state index is 0.0362. The number of pyridine rings is 1. The first-order valence-corrected chi connectivity index (χ1v) is 8.67. The molecule has 0 spiro atoms. The van der Waals surface area contributed by atoms with Crippen LogP contribution in [0.4, 0.5) is 26.0 Å². The van der Waals surface area contributed by atoms with Crippen molar-refractivity contribution in [2.45, 2.75) is 20.0 Å². The molecule has 0 atom stereocenters. The van der Waals surface area contributed by atoms with Crippen LogP contribution in [0.1, 0.15) is 24.2 Å². The molecule has 0 radical (unpaired) electrons. The quantitative estimate of drug-likeness (QED) is 0.618. The zero-order chi connectivity index (χ0) is 20.1. The van der Waals surface area contributed by atoms with Gasteiger partial charge in [-0.05, 0) is 50.2 Å². The minimum atomic E-state index is -0.972. The predicted octanol–water partition coefficient (Wildman–Crippen LogP) is 5.14. The highest BCUT2D eigenvalue weighted by molar-refractivity contribution is 6.05. The summed E-state index contributed by atoms with van der Waals surface area (Å²) in [7, 11) is 0. The molecule has 144 valence electrons. The van der Waals surface area contributed by atoms with E-state index in [-0.39, 0.29) is 12.0 Å². The molecule has 1 aromatic heterocycles. The van der Waals surface area contributed by atoms with Crippen molar-refractivity contribution in [2.24, 2.45) is 0 Å². The number of nitrogens with zero attached hydrogens (tertiary/aromatic N) is 1. The molecule has 0 aliphatic carbocycles. The number of para-hydroxylation sites is 2. The second-order valence-electron chi connectivity index (χ2n) is 6.30. The van der Waals surface area contributed by atoms with Gasteiger partial charge in [0.25, 0.3) is 5.91 Å². The van der Waals surface area contributed by atoms with E-state index >= 15 is 0 Å². The fourth-order valence-electron chi connectivity index (χ4n) is 2.48. The van der Waals surface area contributed by atoms with Gasteiger partial charge in [0.2, 0.25) is 0 Å². The van der Waals surface area contributed by atoms with Crippen molar-refractivity contribution in [3.8, 4) is 5.75 Å². The molecule has 0 aliphatic heterocycles. The Morgan fingerprint density at radius 2 is 1.82 bits per heavy atom. The van der Waals surface area contributed by atoms with Crippen LogP contribution in [0.25, 0.3) is 0 Å². The van der Waals surface area contributed by atoms with Crippen LogP contribution in [0.15, 0.2) is 60.8 Å². The number of hydrogen-bond acceptors (Lipinski definition) is 4. The van der Waals surface area contributed by atoms with E-state index < -0.39 is 11.6 Å². The Morgan fingerprint density at radius 1 is 1.04 bits per heavy atom. The molecule has 3 rings (SSSR count). The molecular weight excluding hydrogens is 364 g/mol. The molecule has 0 bridgehead atoms. The zero-order valence-corrected chi connectivity index (χ0v) is 15.4. The van der Waals surface area contributed by atoms with Crippen molar-refractivity contribution in [3.05, 3.63) is 78.0 Å². The minimum Gasteiger partial charge on any atom is -0.489 e. The maximum absolute atomic E-state index is 13.3. The van der Waals surface area contributed by atoms with Gasteiger partial charge in [-0.25, -0.2) is 13.8 Å². The van der Waals surface area contributed by atoms with Crippen molar-refractivity contribution >= 4 is 23.1 Å². The third kappa shape index (κ3) is 4.82. The number of halogens is 2. The predicted molar refractivity (Wildman–Crippen MR) is 104 cm³/mol. The van der Waals surface area contributed by atoms with Gasteiger partial charge in [-0.3, -0.25) is 4.79 Å². The maximum Gasteiger partial charge on any atom is 0.255 e. The molecule has 5 nitrogen and oxygen atoms in total. The molecule has 1 heterocycles. The molecule has 2 aromatic carbocycles. The third-order valence-electron chi connectivity index (χ3n) is 3.71. The van der Waals surface area contributed by atoms with E-state index in [1.165, 1.54) is 18.3 Å². The van der Waals surface area contributed by atoms with Crippen LogP contribution in [-0.4, -0.2) is 17.0 Å². The molecule has 0 fully saturated rings. The topological polar surface area (TPSA) is 63.2 Å². The van der Waals surface area contributed by atoms with E-state index in [1.807, 2.05) is 19.9 Å². The van der Waals surface area contributed by atoms with Gasteiger partial charge in [-0.15, -0.1) is 0 Å². The van der Waals surface area contributed by atoms with Crippen molar-refractivity contribution in [2.75, 3.05) is 10.6 Å². The summed E-state index contributed by atoms with van der Waals surface area (Å²) in [4.78, 5) is 16.7. The number of anilines is 3. The Morgan fingerprint density at radius 3 is 2.57 bits per heavy atom. The molecule has 0 unspecified atom stereocenters. The fraction of sp³-hybridized carbons (Fsp3) is 0.143. The normalized spacial score (nSPS) is 10.6. The molecule has 7 heteroatoms. The summed E-state index contributed by atoms with van der Waals surface area (Å²) >= 11 is 0. The summed E-state index contributed by atoms with van der Waals surface area (Å²) in [5.74, 6) is -1.37. The number of carbonyl (C=O) groups excluding carboxylic acids is 1. The summed E-state index contributed by atoms with van der Waals surface area (Å²) in [5, 5.41) is 5.66. The number of rotatable bonds is 6. The average molecular weight is 383 g/mol. The van der Waals surface area contributed by atoms with Crippen LogP contribution in [0.5, 0.6) is 5.75 Å². The lowest BCUT2D eigenvalue weighted by molar-refractivity contribution is 0.102. The lowest BCUT2D eigenvalue weighted by atomic mass is 10.2. The van der Waals surface area contributed by atoms with E-state index in [1.54, 1.807) is 24.3 Å². The Hall–Kier alpha value is -3.48. The lowest BCUT2D eigenvalue weighted by Crippen LogP contribution is -2.14. The molecule has 0 saturated carbocycles. The summed E-state index contributed by atoms with van der Waals surface area (Å²) in [5.41, 5.74) is 1.21. The Labute approximate surface area is 161 Å². The Bertz CT molecular complexity index is 993. The molecule has 28 heavy (non-hydrogen) atoms. The second kappa shape index (κ2) is 8.47. The molecule has 3 aromatic rings. The van der Waals surface area contributed by atoms with Crippen LogP contribution >= 0.6 is 0 Å². The first-order chi connectivity index (χ1) is 13.4. The third-order valence-corrected chi connectivity index (χ3v) is 3.71. The molecule has 2 N–H and O–H groups in total.